The van der Waals surface area contributed by atoms with Crippen LogP contribution in [0.1, 0.15) is 24.1 Å². The van der Waals surface area contributed by atoms with Gasteiger partial charge in [0.1, 0.15) is 0 Å². The molecule has 1 amide bonds. The zero-order chi connectivity index (χ0) is 20.9. The lowest BCUT2D eigenvalue weighted by molar-refractivity contribution is -0.122. The van der Waals surface area contributed by atoms with Crippen LogP contribution in [0.3, 0.4) is 0 Å². The standard InChI is InChI=1S/C19H24N2O5S2/c1-15(17-9-11-18(12-10-17)27(2,23)24)20-19(22)14-21(28(3,25)26)13-16-7-5-4-6-8-16/h4-12,15H,13-14H2,1-3H3,(H,20,22)/t15-/m1/s1. The summed E-state index contributed by atoms with van der Waals surface area (Å²) in [6.45, 7) is 1.54. The molecule has 0 aliphatic heterocycles. The highest BCUT2D eigenvalue weighted by Gasteiger charge is 2.21. The Hall–Kier alpha value is -2.23. The zero-order valence-corrected chi connectivity index (χ0v) is 17.6. The van der Waals surface area contributed by atoms with Crippen LogP contribution < -0.4 is 5.32 Å². The molecule has 0 aliphatic rings. The van der Waals surface area contributed by atoms with Crippen molar-refractivity contribution in [3.8, 4) is 0 Å². The third-order valence-corrected chi connectivity index (χ3v) is 6.50. The van der Waals surface area contributed by atoms with Crippen molar-refractivity contribution in [3.63, 3.8) is 0 Å². The van der Waals surface area contributed by atoms with E-state index in [1.165, 1.54) is 12.1 Å². The van der Waals surface area contributed by atoms with Crippen molar-refractivity contribution in [2.24, 2.45) is 0 Å². The van der Waals surface area contributed by atoms with Gasteiger partial charge in [-0.3, -0.25) is 4.79 Å². The first-order valence-electron chi connectivity index (χ1n) is 8.55. The highest BCUT2D eigenvalue weighted by Crippen LogP contribution is 2.16. The number of nitrogens with zero attached hydrogens (tertiary/aromatic N) is 1. The van der Waals surface area contributed by atoms with Crippen molar-refractivity contribution in [2.75, 3.05) is 19.1 Å². The lowest BCUT2D eigenvalue weighted by Crippen LogP contribution is -2.40. The first-order valence-corrected chi connectivity index (χ1v) is 12.3. The van der Waals surface area contributed by atoms with Crippen LogP contribution >= 0.6 is 0 Å². The molecular weight excluding hydrogens is 400 g/mol. The molecule has 1 atom stereocenters. The van der Waals surface area contributed by atoms with Crippen LogP contribution in [0.2, 0.25) is 0 Å². The molecule has 0 saturated heterocycles. The minimum absolute atomic E-state index is 0.102. The second-order valence-electron chi connectivity index (χ2n) is 6.65. The summed E-state index contributed by atoms with van der Waals surface area (Å²) in [7, 11) is -6.87. The van der Waals surface area contributed by atoms with Crippen LogP contribution in [0.25, 0.3) is 0 Å². The maximum absolute atomic E-state index is 12.4. The number of carbonyl (C=O) groups excluding carboxylic acids is 1. The van der Waals surface area contributed by atoms with Crippen molar-refractivity contribution in [1.82, 2.24) is 9.62 Å². The summed E-state index contributed by atoms with van der Waals surface area (Å²) in [5, 5.41) is 2.75. The van der Waals surface area contributed by atoms with Gasteiger partial charge in [0.25, 0.3) is 0 Å². The number of amides is 1. The fraction of sp³-hybridized carbons (Fsp3) is 0.316. The van der Waals surface area contributed by atoms with E-state index >= 15 is 0 Å². The van der Waals surface area contributed by atoms with E-state index in [4.69, 9.17) is 0 Å². The Labute approximate surface area is 166 Å². The van der Waals surface area contributed by atoms with Crippen molar-refractivity contribution in [1.29, 1.82) is 0 Å². The second kappa shape index (κ2) is 8.85. The van der Waals surface area contributed by atoms with Crippen molar-refractivity contribution in [2.45, 2.75) is 24.4 Å². The molecule has 2 aromatic carbocycles. The van der Waals surface area contributed by atoms with Gasteiger partial charge >= 0.3 is 0 Å². The molecule has 0 aromatic heterocycles. The number of benzene rings is 2. The number of hydrogen-bond acceptors (Lipinski definition) is 5. The second-order valence-corrected chi connectivity index (χ2v) is 10.6. The highest BCUT2D eigenvalue weighted by atomic mass is 32.2. The van der Waals surface area contributed by atoms with Crippen LogP contribution in [-0.4, -0.2) is 46.1 Å². The van der Waals surface area contributed by atoms with Gasteiger partial charge in [0, 0.05) is 12.8 Å². The Kier molecular flexibility index (Phi) is 6.97. The van der Waals surface area contributed by atoms with Crippen molar-refractivity contribution in [3.05, 3.63) is 65.7 Å². The van der Waals surface area contributed by atoms with E-state index in [2.05, 4.69) is 5.32 Å². The summed E-state index contributed by atoms with van der Waals surface area (Å²) < 4.78 is 48.3. The highest BCUT2D eigenvalue weighted by molar-refractivity contribution is 7.90. The molecule has 0 saturated carbocycles. The number of sulfonamides is 1. The lowest BCUT2D eigenvalue weighted by Gasteiger charge is -2.21. The minimum atomic E-state index is -3.57. The van der Waals surface area contributed by atoms with E-state index in [1.807, 2.05) is 6.07 Å². The topological polar surface area (TPSA) is 101 Å². The van der Waals surface area contributed by atoms with E-state index in [-0.39, 0.29) is 18.0 Å². The molecule has 0 unspecified atom stereocenters. The van der Waals surface area contributed by atoms with Crippen molar-refractivity contribution >= 4 is 25.8 Å². The lowest BCUT2D eigenvalue weighted by atomic mass is 10.1. The predicted octanol–water partition coefficient (Wildman–Crippen LogP) is 1.73. The van der Waals surface area contributed by atoms with Gasteiger partial charge in [-0.1, -0.05) is 42.5 Å². The molecule has 9 heteroatoms. The molecule has 2 aromatic rings. The molecule has 7 nitrogen and oxygen atoms in total. The molecule has 0 fully saturated rings. The molecule has 0 aliphatic carbocycles. The molecule has 0 radical (unpaired) electrons. The van der Waals surface area contributed by atoms with Crippen LogP contribution in [0.4, 0.5) is 0 Å². The Balaban J connectivity index is 2.05. The van der Waals surface area contributed by atoms with E-state index in [9.17, 15) is 21.6 Å². The fourth-order valence-corrected chi connectivity index (χ4v) is 3.98. The third kappa shape index (κ3) is 6.43. The Morgan fingerprint density at radius 1 is 0.964 bits per heavy atom. The molecule has 2 rings (SSSR count). The van der Waals surface area contributed by atoms with Gasteiger partial charge in [0.15, 0.2) is 9.84 Å². The Bertz CT molecular complexity index is 1020. The molecule has 28 heavy (non-hydrogen) atoms. The quantitative estimate of drug-likeness (QED) is 0.696. The van der Waals surface area contributed by atoms with Crippen LogP contribution in [-0.2, 0) is 31.2 Å². The summed E-state index contributed by atoms with van der Waals surface area (Å²) in [5.74, 6) is -0.443. The summed E-state index contributed by atoms with van der Waals surface area (Å²) in [4.78, 5) is 12.6. The molecule has 152 valence electrons. The van der Waals surface area contributed by atoms with E-state index in [0.29, 0.717) is 0 Å². The van der Waals surface area contributed by atoms with Gasteiger partial charge in [0.2, 0.25) is 15.9 Å². The number of sulfone groups is 1. The first kappa shape index (κ1) is 22.1. The first-order chi connectivity index (χ1) is 13.0. The van der Waals surface area contributed by atoms with Crippen molar-refractivity contribution < 1.29 is 21.6 Å². The Morgan fingerprint density at radius 2 is 1.54 bits per heavy atom. The average molecular weight is 425 g/mol. The maximum atomic E-state index is 12.4. The van der Waals surface area contributed by atoms with Gasteiger partial charge in [-0.05, 0) is 30.2 Å². The van der Waals surface area contributed by atoms with E-state index in [1.54, 1.807) is 43.3 Å². The van der Waals surface area contributed by atoms with Gasteiger partial charge < -0.3 is 5.32 Å². The van der Waals surface area contributed by atoms with Gasteiger partial charge in [0.05, 0.1) is 23.7 Å². The summed E-state index contributed by atoms with van der Waals surface area (Å²) in [6, 6.07) is 14.8. The third-order valence-electron chi connectivity index (χ3n) is 4.18. The SMILES string of the molecule is C[C@@H](NC(=O)CN(Cc1ccccc1)S(C)(=O)=O)c1ccc(S(C)(=O)=O)cc1. The minimum Gasteiger partial charge on any atom is -0.348 e. The number of nitrogens with one attached hydrogen (secondary N) is 1. The monoisotopic (exact) mass is 424 g/mol. The Morgan fingerprint density at radius 3 is 2.04 bits per heavy atom. The van der Waals surface area contributed by atoms with Gasteiger partial charge in [-0.25, -0.2) is 16.8 Å². The molecule has 0 spiro atoms. The molecule has 0 bridgehead atoms. The normalized spacial score (nSPS) is 13.3. The predicted molar refractivity (Wildman–Crippen MR) is 108 cm³/mol. The van der Waals surface area contributed by atoms with E-state index < -0.39 is 31.8 Å². The van der Waals surface area contributed by atoms with Crippen LogP contribution in [0.5, 0.6) is 0 Å². The summed E-state index contributed by atoms with van der Waals surface area (Å²) in [6.07, 6.45) is 2.19. The maximum Gasteiger partial charge on any atom is 0.235 e. The molecule has 0 heterocycles. The van der Waals surface area contributed by atoms with Gasteiger partial charge in [-0.15, -0.1) is 0 Å². The fourth-order valence-electron chi connectivity index (χ4n) is 2.61. The van der Waals surface area contributed by atoms with Crippen LogP contribution in [0, 0.1) is 0 Å². The largest absolute Gasteiger partial charge is 0.348 e. The average Bonchev–Trinajstić information content (AvgIpc) is 2.60. The zero-order valence-electron chi connectivity index (χ0n) is 16.0. The van der Waals surface area contributed by atoms with E-state index in [0.717, 1.165) is 27.9 Å². The molecule has 1 N–H and O–H groups in total. The van der Waals surface area contributed by atoms with Gasteiger partial charge in [-0.2, -0.15) is 4.31 Å². The molecular formula is C19H24N2O5S2. The summed E-state index contributed by atoms with van der Waals surface area (Å²) >= 11 is 0. The van der Waals surface area contributed by atoms with Crippen LogP contribution in [0.15, 0.2) is 59.5 Å². The number of hydrogen-bond donors (Lipinski definition) is 1. The number of carbonyl (C=O) groups is 1. The smallest absolute Gasteiger partial charge is 0.235 e. The number of rotatable bonds is 8. The summed E-state index contributed by atoms with van der Waals surface area (Å²) in [5.41, 5.74) is 1.50.